The van der Waals surface area contributed by atoms with Gasteiger partial charge in [0.2, 0.25) is 0 Å². The smallest absolute Gasteiger partial charge is 0.205 e. The van der Waals surface area contributed by atoms with Crippen LogP contribution in [0.1, 0.15) is 17.6 Å². The van der Waals surface area contributed by atoms with E-state index in [0.29, 0.717) is 4.47 Å². The summed E-state index contributed by atoms with van der Waals surface area (Å²) in [4.78, 5) is 0. The summed E-state index contributed by atoms with van der Waals surface area (Å²) in [6, 6.07) is 3.22. The fraction of sp³-hybridized carbons (Fsp3) is 0.250. The number of alkyl halides is 2. The SMILES string of the molecule is Cc1cc(Br)c(C(F)F)cc1I. The number of hydrogen-bond acceptors (Lipinski definition) is 0. The minimum atomic E-state index is -2.41. The molecule has 0 aliphatic carbocycles. The second-order valence-corrected chi connectivity index (χ2v) is 4.44. The van der Waals surface area contributed by atoms with Crippen molar-refractivity contribution in [3.63, 3.8) is 0 Å². The Morgan fingerprint density at radius 2 is 2.00 bits per heavy atom. The molecule has 0 saturated heterocycles. The predicted octanol–water partition coefficient (Wildman–Crippen LogP) is 4.30. The number of benzene rings is 1. The monoisotopic (exact) mass is 346 g/mol. The highest BCUT2D eigenvalue weighted by atomic mass is 127. The molecule has 12 heavy (non-hydrogen) atoms. The largest absolute Gasteiger partial charge is 0.264 e. The third-order valence-corrected chi connectivity index (χ3v) is 3.36. The van der Waals surface area contributed by atoms with Gasteiger partial charge in [-0.2, -0.15) is 0 Å². The number of aryl methyl sites for hydroxylation is 1. The highest BCUT2D eigenvalue weighted by molar-refractivity contribution is 14.1. The van der Waals surface area contributed by atoms with E-state index in [1.165, 1.54) is 6.07 Å². The first-order valence-corrected chi connectivity index (χ1v) is 5.13. The van der Waals surface area contributed by atoms with E-state index in [2.05, 4.69) is 15.9 Å². The molecular formula is C8H6BrF2I. The Morgan fingerprint density at radius 3 is 2.50 bits per heavy atom. The average Bonchev–Trinajstić information content (AvgIpc) is 1.96. The van der Waals surface area contributed by atoms with Crippen LogP contribution in [-0.2, 0) is 0 Å². The Morgan fingerprint density at radius 1 is 1.42 bits per heavy atom. The normalized spacial score (nSPS) is 10.8. The Labute approximate surface area is 91.6 Å². The van der Waals surface area contributed by atoms with Crippen molar-refractivity contribution in [2.45, 2.75) is 13.3 Å². The first-order valence-electron chi connectivity index (χ1n) is 3.26. The lowest BCUT2D eigenvalue weighted by Gasteiger charge is -2.05. The summed E-state index contributed by atoms with van der Waals surface area (Å²) in [7, 11) is 0. The van der Waals surface area contributed by atoms with E-state index in [1.54, 1.807) is 6.07 Å². The van der Waals surface area contributed by atoms with E-state index in [-0.39, 0.29) is 5.56 Å². The van der Waals surface area contributed by atoms with E-state index >= 15 is 0 Å². The van der Waals surface area contributed by atoms with Crippen molar-refractivity contribution in [3.8, 4) is 0 Å². The van der Waals surface area contributed by atoms with Gasteiger partial charge >= 0.3 is 0 Å². The van der Waals surface area contributed by atoms with Gasteiger partial charge in [0.1, 0.15) is 0 Å². The summed E-state index contributed by atoms with van der Waals surface area (Å²) < 4.78 is 26.0. The van der Waals surface area contributed by atoms with Gasteiger partial charge in [0.05, 0.1) is 0 Å². The van der Waals surface area contributed by atoms with Crippen LogP contribution in [0.3, 0.4) is 0 Å². The van der Waals surface area contributed by atoms with Crippen molar-refractivity contribution >= 4 is 38.5 Å². The molecule has 1 rings (SSSR count). The molecule has 1 aromatic rings. The van der Waals surface area contributed by atoms with Crippen LogP contribution in [-0.4, -0.2) is 0 Å². The molecule has 1 aromatic carbocycles. The van der Waals surface area contributed by atoms with Gasteiger partial charge in [-0.15, -0.1) is 0 Å². The van der Waals surface area contributed by atoms with Gasteiger partial charge in [0.25, 0.3) is 6.43 Å². The zero-order chi connectivity index (χ0) is 9.30. The summed E-state index contributed by atoms with van der Waals surface area (Å²) in [5.41, 5.74) is 1.07. The van der Waals surface area contributed by atoms with E-state index in [9.17, 15) is 8.78 Å². The third-order valence-electron chi connectivity index (χ3n) is 1.51. The van der Waals surface area contributed by atoms with Gasteiger partial charge in [-0.3, -0.25) is 0 Å². The maximum atomic E-state index is 12.3. The van der Waals surface area contributed by atoms with Gasteiger partial charge in [0, 0.05) is 13.6 Å². The predicted molar refractivity (Wildman–Crippen MR) is 56.6 cm³/mol. The summed E-state index contributed by atoms with van der Waals surface area (Å²) in [6.45, 7) is 1.89. The molecule has 0 fully saturated rings. The topological polar surface area (TPSA) is 0 Å². The molecule has 0 N–H and O–H groups in total. The molecule has 0 aliphatic heterocycles. The van der Waals surface area contributed by atoms with Crippen molar-refractivity contribution in [1.82, 2.24) is 0 Å². The van der Waals surface area contributed by atoms with E-state index < -0.39 is 6.43 Å². The molecule has 0 nitrogen and oxygen atoms in total. The molecule has 0 bridgehead atoms. The van der Waals surface area contributed by atoms with E-state index in [4.69, 9.17) is 0 Å². The van der Waals surface area contributed by atoms with Crippen LogP contribution in [0.25, 0.3) is 0 Å². The van der Waals surface area contributed by atoms with Crippen LogP contribution >= 0.6 is 38.5 Å². The lowest BCUT2D eigenvalue weighted by molar-refractivity contribution is 0.150. The van der Waals surface area contributed by atoms with Gasteiger partial charge in [-0.25, -0.2) is 8.78 Å². The van der Waals surface area contributed by atoms with Crippen molar-refractivity contribution in [2.24, 2.45) is 0 Å². The quantitative estimate of drug-likeness (QED) is 0.665. The minimum absolute atomic E-state index is 0.0602. The number of hydrogen-bond donors (Lipinski definition) is 0. The molecule has 0 atom stereocenters. The molecule has 0 amide bonds. The summed E-state index contributed by atoms with van der Waals surface area (Å²) in [6.07, 6.45) is -2.41. The van der Waals surface area contributed by atoms with Gasteiger partial charge < -0.3 is 0 Å². The Kier molecular flexibility index (Phi) is 3.46. The van der Waals surface area contributed by atoms with Crippen LogP contribution in [0.5, 0.6) is 0 Å². The molecule has 0 aromatic heterocycles. The second-order valence-electron chi connectivity index (χ2n) is 2.42. The fourth-order valence-electron chi connectivity index (χ4n) is 0.829. The molecule has 0 spiro atoms. The third kappa shape index (κ3) is 2.16. The maximum absolute atomic E-state index is 12.3. The first-order chi connectivity index (χ1) is 5.52. The van der Waals surface area contributed by atoms with Crippen LogP contribution in [0.4, 0.5) is 8.78 Å². The zero-order valence-electron chi connectivity index (χ0n) is 6.24. The van der Waals surface area contributed by atoms with Crippen molar-refractivity contribution in [2.75, 3.05) is 0 Å². The fourth-order valence-corrected chi connectivity index (χ4v) is 1.95. The maximum Gasteiger partial charge on any atom is 0.264 e. The van der Waals surface area contributed by atoms with E-state index in [0.717, 1.165) is 9.13 Å². The highest BCUT2D eigenvalue weighted by Gasteiger charge is 2.12. The van der Waals surface area contributed by atoms with Crippen LogP contribution in [0.2, 0.25) is 0 Å². The summed E-state index contributed by atoms with van der Waals surface area (Å²) in [5, 5.41) is 0. The van der Waals surface area contributed by atoms with Gasteiger partial charge in [0.15, 0.2) is 0 Å². The molecular weight excluding hydrogens is 341 g/mol. The Balaban J connectivity index is 3.23. The average molecular weight is 347 g/mol. The molecule has 0 radical (unpaired) electrons. The van der Waals surface area contributed by atoms with Gasteiger partial charge in [-0.1, -0.05) is 15.9 Å². The lowest BCUT2D eigenvalue weighted by Crippen LogP contribution is -1.90. The molecule has 4 heteroatoms. The van der Waals surface area contributed by atoms with Crippen molar-refractivity contribution in [3.05, 3.63) is 31.3 Å². The molecule has 66 valence electrons. The standard InChI is InChI=1S/C8H6BrF2I/c1-4-2-6(9)5(8(10)11)3-7(4)12/h2-3,8H,1H3. The first kappa shape index (κ1) is 10.4. The van der Waals surface area contributed by atoms with Crippen molar-refractivity contribution in [1.29, 1.82) is 0 Å². The summed E-state index contributed by atoms with van der Waals surface area (Å²) in [5.74, 6) is 0. The molecule has 0 heterocycles. The Hall–Kier alpha value is 0.290. The Bertz CT molecular complexity index is 299. The van der Waals surface area contributed by atoms with E-state index in [1.807, 2.05) is 29.5 Å². The highest BCUT2D eigenvalue weighted by Crippen LogP contribution is 2.30. The van der Waals surface area contributed by atoms with Crippen LogP contribution < -0.4 is 0 Å². The molecule has 0 saturated carbocycles. The summed E-state index contributed by atoms with van der Waals surface area (Å²) >= 11 is 5.14. The number of halogens is 4. The van der Waals surface area contributed by atoms with Crippen LogP contribution in [0.15, 0.2) is 16.6 Å². The van der Waals surface area contributed by atoms with Gasteiger partial charge in [-0.05, 0) is 47.2 Å². The number of rotatable bonds is 1. The second kappa shape index (κ2) is 4.00. The van der Waals surface area contributed by atoms with Crippen LogP contribution in [0, 0.1) is 10.5 Å². The molecule has 0 unspecified atom stereocenters. The lowest BCUT2D eigenvalue weighted by atomic mass is 10.2. The molecule has 0 aliphatic rings. The zero-order valence-corrected chi connectivity index (χ0v) is 9.99. The van der Waals surface area contributed by atoms with Crippen molar-refractivity contribution < 1.29 is 8.78 Å². The minimum Gasteiger partial charge on any atom is -0.205 e.